The number of aryl methyl sites for hydroxylation is 3. The van der Waals surface area contributed by atoms with Gasteiger partial charge in [-0.25, -0.2) is 0 Å². The molecule has 0 aliphatic heterocycles. The molecule has 0 bridgehead atoms. The van der Waals surface area contributed by atoms with Crippen molar-refractivity contribution < 1.29 is 14.3 Å². The van der Waals surface area contributed by atoms with Gasteiger partial charge in [-0.2, -0.15) is 5.26 Å². The SMILES string of the molecule is COc1cc(/C=C(\C#N)C(=O)Nc2ccc(C)c(C)c2)cc(Br)c1OCc1ccc(C)cc1. The molecule has 168 valence electrons. The second-order valence-corrected chi connectivity index (χ2v) is 8.59. The number of carbonyl (C=O) groups is 1. The monoisotopic (exact) mass is 504 g/mol. The number of ether oxygens (including phenoxy) is 2. The number of nitrogens with zero attached hydrogens (tertiary/aromatic N) is 1. The van der Waals surface area contributed by atoms with Crippen molar-refractivity contribution in [2.75, 3.05) is 12.4 Å². The molecule has 3 rings (SSSR count). The molecule has 3 aromatic rings. The fourth-order valence-electron chi connectivity index (χ4n) is 3.14. The predicted octanol–water partition coefficient (Wildman–Crippen LogP) is 6.51. The topological polar surface area (TPSA) is 71.3 Å². The summed E-state index contributed by atoms with van der Waals surface area (Å²) in [6, 6.07) is 19.2. The third-order valence-electron chi connectivity index (χ3n) is 5.20. The van der Waals surface area contributed by atoms with Gasteiger partial charge in [0.2, 0.25) is 0 Å². The number of methoxy groups -OCH3 is 1. The Morgan fingerprint density at radius 3 is 2.42 bits per heavy atom. The van der Waals surface area contributed by atoms with Crippen molar-refractivity contribution in [3.05, 3.63) is 92.5 Å². The van der Waals surface area contributed by atoms with Gasteiger partial charge in [-0.05, 0) is 89.3 Å². The van der Waals surface area contributed by atoms with E-state index in [1.54, 1.807) is 19.2 Å². The number of nitriles is 1. The molecule has 1 amide bonds. The Hall–Kier alpha value is -3.56. The zero-order valence-corrected chi connectivity index (χ0v) is 20.6. The fraction of sp³-hybridized carbons (Fsp3) is 0.185. The molecule has 1 N–H and O–H groups in total. The number of anilines is 1. The highest BCUT2D eigenvalue weighted by Crippen LogP contribution is 2.37. The van der Waals surface area contributed by atoms with Crippen molar-refractivity contribution >= 4 is 33.6 Å². The maximum absolute atomic E-state index is 12.7. The molecule has 6 heteroatoms. The Bertz CT molecular complexity index is 1240. The van der Waals surface area contributed by atoms with E-state index in [0.717, 1.165) is 16.7 Å². The number of amides is 1. The average Bonchev–Trinajstić information content (AvgIpc) is 2.79. The molecule has 0 heterocycles. The minimum atomic E-state index is -0.476. The highest BCUT2D eigenvalue weighted by atomic mass is 79.9. The zero-order chi connectivity index (χ0) is 24.0. The lowest BCUT2D eigenvalue weighted by Crippen LogP contribution is -2.13. The van der Waals surface area contributed by atoms with Crippen LogP contribution < -0.4 is 14.8 Å². The van der Waals surface area contributed by atoms with Gasteiger partial charge in [-0.3, -0.25) is 4.79 Å². The Kier molecular flexibility index (Phi) is 7.92. The molecule has 0 atom stereocenters. The summed E-state index contributed by atoms with van der Waals surface area (Å²) >= 11 is 3.52. The minimum Gasteiger partial charge on any atom is -0.493 e. The molecular weight excluding hydrogens is 480 g/mol. The summed E-state index contributed by atoms with van der Waals surface area (Å²) in [6.07, 6.45) is 1.52. The lowest BCUT2D eigenvalue weighted by atomic mass is 10.1. The first-order valence-corrected chi connectivity index (χ1v) is 11.2. The zero-order valence-electron chi connectivity index (χ0n) is 19.0. The summed E-state index contributed by atoms with van der Waals surface area (Å²) in [4.78, 5) is 12.7. The van der Waals surface area contributed by atoms with Crippen LogP contribution in [0.5, 0.6) is 11.5 Å². The number of hydrogen-bond donors (Lipinski definition) is 1. The molecule has 33 heavy (non-hydrogen) atoms. The van der Waals surface area contributed by atoms with Crippen LogP contribution in [0.25, 0.3) is 6.08 Å². The van der Waals surface area contributed by atoms with Gasteiger partial charge in [-0.15, -0.1) is 0 Å². The highest BCUT2D eigenvalue weighted by molar-refractivity contribution is 9.10. The number of carbonyl (C=O) groups excluding carboxylic acids is 1. The Morgan fingerprint density at radius 1 is 1.06 bits per heavy atom. The van der Waals surface area contributed by atoms with Gasteiger partial charge in [0.1, 0.15) is 18.2 Å². The average molecular weight is 505 g/mol. The van der Waals surface area contributed by atoms with E-state index in [-0.39, 0.29) is 5.57 Å². The van der Waals surface area contributed by atoms with E-state index < -0.39 is 5.91 Å². The van der Waals surface area contributed by atoms with E-state index in [4.69, 9.17) is 9.47 Å². The van der Waals surface area contributed by atoms with Gasteiger partial charge in [0.15, 0.2) is 11.5 Å². The van der Waals surface area contributed by atoms with E-state index in [0.29, 0.717) is 33.8 Å². The minimum absolute atomic E-state index is 0.0181. The Balaban J connectivity index is 1.81. The van der Waals surface area contributed by atoms with Crippen LogP contribution in [-0.2, 0) is 11.4 Å². The van der Waals surface area contributed by atoms with Crippen molar-refractivity contribution in [3.8, 4) is 17.6 Å². The summed E-state index contributed by atoms with van der Waals surface area (Å²) < 4.78 is 12.1. The van der Waals surface area contributed by atoms with Gasteiger partial charge in [0.05, 0.1) is 11.6 Å². The van der Waals surface area contributed by atoms with Crippen LogP contribution in [0, 0.1) is 32.1 Å². The van der Waals surface area contributed by atoms with E-state index >= 15 is 0 Å². The van der Waals surface area contributed by atoms with Crippen LogP contribution in [0.1, 0.15) is 27.8 Å². The quantitative estimate of drug-likeness (QED) is 0.294. The van der Waals surface area contributed by atoms with E-state index in [1.165, 1.54) is 11.6 Å². The molecule has 0 unspecified atom stereocenters. The summed E-state index contributed by atoms with van der Waals surface area (Å²) in [5.41, 5.74) is 5.67. The first kappa shape index (κ1) is 24.1. The first-order valence-electron chi connectivity index (χ1n) is 10.4. The maximum Gasteiger partial charge on any atom is 0.266 e. The molecular formula is C27H25BrN2O3. The molecule has 0 aliphatic carbocycles. The summed E-state index contributed by atoms with van der Waals surface area (Å²) in [5, 5.41) is 12.3. The summed E-state index contributed by atoms with van der Waals surface area (Å²) in [6.45, 7) is 6.39. The molecule has 0 aromatic heterocycles. The van der Waals surface area contributed by atoms with Crippen LogP contribution in [-0.4, -0.2) is 13.0 Å². The number of benzene rings is 3. The standard InChI is InChI=1S/C27H25BrN2O3/c1-17-5-8-20(9-6-17)16-33-26-24(28)13-21(14-25(26)32-4)12-22(15-29)27(31)30-23-10-7-18(2)19(3)11-23/h5-14H,16H2,1-4H3,(H,30,31)/b22-12+. The number of rotatable bonds is 7. The lowest BCUT2D eigenvalue weighted by molar-refractivity contribution is -0.112. The van der Waals surface area contributed by atoms with Crippen molar-refractivity contribution in [1.29, 1.82) is 5.26 Å². The predicted molar refractivity (Wildman–Crippen MR) is 134 cm³/mol. The molecule has 0 fully saturated rings. The molecule has 0 aliphatic rings. The third-order valence-corrected chi connectivity index (χ3v) is 5.79. The Labute approximate surface area is 202 Å². The number of hydrogen-bond acceptors (Lipinski definition) is 4. The van der Waals surface area contributed by atoms with Gasteiger partial charge < -0.3 is 14.8 Å². The highest BCUT2D eigenvalue weighted by Gasteiger charge is 2.14. The molecule has 5 nitrogen and oxygen atoms in total. The van der Waals surface area contributed by atoms with Crippen LogP contribution in [0.2, 0.25) is 0 Å². The van der Waals surface area contributed by atoms with Crippen molar-refractivity contribution in [3.63, 3.8) is 0 Å². The van der Waals surface area contributed by atoms with Crippen LogP contribution >= 0.6 is 15.9 Å². The van der Waals surface area contributed by atoms with Crippen molar-refractivity contribution in [1.82, 2.24) is 0 Å². The first-order chi connectivity index (χ1) is 15.8. The normalized spacial score (nSPS) is 11.0. The number of nitrogens with one attached hydrogen (secondary N) is 1. The van der Waals surface area contributed by atoms with E-state index in [2.05, 4.69) is 21.2 Å². The fourth-order valence-corrected chi connectivity index (χ4v) is 3.71. The molecule has 0 spiro atoms. The van der Waals surface area contributed by atoms with Crippen molar-refractivity contribution in [2.45, 2.75) is 27.4 Å². The largest absolute Gasteiger partial charge is 0.493 e. The van der Waals surface area contributed by atoms with Gasteiger partial charge in [0.25, 0.3) is 5.91 Å². The van der Waals surface area contributed by atoms with Crippen LogP contribution in [0.3, 0.4) is 0 Å². The van der Waals surface area contributed by atoms with Gasteiger partial charge >= 0.3 is 0 Å². The summed E-state index contributed by atoms with van der Waals surface area (Å²) in [5.74, 6) is 0.568. The van der Waals surface area contributed by atoms with Crippen molar-refractivity contribution in [2.24, 2.45) is 0 Å². The lowest BCUT2D eigenvalue weighted by Gasteiger charge is -2.14. The third kappa shape index (κ3) is 6.24. The van der Waals surface area contributed by atoms with Gasteiger partial charge in [-0.1, -0.05) is 35.9 Å². The smallest absolute Gasteiger partial charge is 0.266 e. The van der Waals surface area contributed by atoms with Gasteiger partial charge in [0, 0.05) is 5.69 Å². The second kappa shape index (κ2) is 10.8. The molecule has 0 radical (unpaired) electrons. The molecule has 3 aromatic carbocycles. The molecule has 0 saturated heterocycles. The van der Waals surface area contributed by atoms with E-state index in [1.807, 2.05) is 69.3 Å². The van der Waals surface area contributed by atoms with Crippen LogP contribution in [0.4, 0.5) is 5.69 Å². The molecule has 0 saturated carbocycles. The Morgan fingerprint density at radius 2 is 1.79 bits per heavy atom. The number of halogens is 1. The van der Waals surface area contributed by atoms with E-state index in [9.17, 15) is 10.1 Å². The summed E-state index contributed by atoms with van der Waals surface area (Å²) in [7, 11) is 1.55. The maximum atomic E-state index is 12.7. The second-order valence-electron chi connectivity index (χ2n) is 7.73. The van der Waals surface area contributed by atoms with Crippen LogP contribution in [0.15, 0.2) is 64.6 Å².